The molecule has 39 heavy (non-hydrogen) atoms. The average Bonchev–Trinajstić information content (AvgIpc) is 3.25. The molecule has 0 bridgehead atoms. The third kappa shape index (κ3) is 6.83. The van der Waals surface area contributed by atoms with E-state index >= 15 is 0 Å². The molecule has 8 nitrogen and oxygen atoms in total. The number of hydrogen-bond acceptors (Lipinski definition) is 9. The van der Waals surface area contributed by atoms with Gasteiger partial charge in [0.2, 0.25) is 0 Å². The predicted molar refractivity (Wildman–Crippen MR) is 153 cm³/mol. The van der Waals surface area contributed by atoms with E-state index < -0.39 is 11.8 Å². The third-order valence-corrected chi connectivity index (χ3v) is 7.68. The van der Waals surface area contributed by atoms with Gasteiger partial charge in [0.25, 0.3) is 0 Å². The van der Waals surface area contributed by atoms with Gasteiger partial charge in [-0.3, -0.25) is 4.79 Å². The Hall–Kier alpha value is -4.18. The highest BCUT2D eigenvalue weighted by molar-refractivity contribution is 14.1. The molecular weight excluding hydrogens is 629 g/mol. The molecule has 0 atom stereocenters. The summed E-state index contributed by atoms with van der Waals surface area (Å²) in [5, 5.41) is 28.6. The van der Waals surface area contributed by atoms with Crippen LogP contribution in [0, 0.1) is 44.5 Å². The Balaban J connectivity index is 1.87. The molecule has 0 saturated heterocycles. The lowest BCUT2D eigenvalue weighted by Crippen LogP contribution is -2.05. The fourth-order valence-electron chi connectivity index (χ4n) is 3.69. The van der Waals surface area contributed by atoms with E-state index in [0.717, 1.165) is 16.9 Å². The van der Waals surface area contributed by atoms with Crippen molar-refractivity contribution in [2.24, 2.45) is 0 Å². The molecule has 3 rings (SSSR count). The van der Waals surface area contributed by atoms with Crippen LogP contribution in [0.5, 0.6) is 11.5 Å². The maximum absolute atomic E-state index is 13.1. The number of carbonyl (C=O) groups is 2. The lowest BCUT2D eigenvalue weighted by Gasteiger charge is -2.14. The van der Waals surface area contributed by atoms with E-state index in [1.807, 2.05) is 18.2 Å². The minimum absolute atomic E-state index is 0.114. The molecule has 0 amide bonds. The van der Waals surface area contributed by atoms with Crippen LogP contribution >= 0.6 is 33.9 Å². The summed E-state index contributed by atoms with van der Waals surface area (Å²) in [6, 6.07) is 16.6. The molecule has 2 aromatic carbocycles. The molecule has 0 N–H and O–H groups in total. The van der Waals surface area contributed by atoms with E-state index in [1.165, 1.54) is 13.2 Å². The van der Waals surface area contributed by atoms with Crippen molar-refractivity contribution in [3.05, 3.63) is 83.1 Å². The summed E-state index contributed by atoms with van der Waals surface area (Å²) >= 11 is 3.10. The minimum atomic E-state index is -0.550. The number of esters is 1. The number of methoxy groups -OCH3 is 1. The molecule has 10 heteroatoms. The SMILES string of the molecule is CCOC(=O)c1sc(CC(=O)/C(C#N)=C/c2cc(I)c(OCc3ccccc3C#N)c(OC)c2)c(C#N)c1C. The molecule has 0 aliphatic heterocycles. The van der Waals surface area contributed by atoms with Gasteiger partial charge in [0, 0.05) is 16.9 Å². The highest BCUT2D eigenvalue weighted by atomic mass is 127. The topological polar surface area (TPSA) is 133 Å². The average molecular weight is 651 g/mol. The highest BCUT2D eigenvalue weighted by Gasteiger charge is 2.23. The van der Waals surface area contributed by atoms with Crippen LogP contribution in [-0.2, 0) is 22.6 Å². The molecule has 1 heterocycles. The molecule has 1 aromatic heterocycles. The number of rotatable bonds is 10. The largest absolute Gasteiger partial charge is 0.493 e. The van der Waals surface area contributed by atoms with Gasteiger partial charge in [-0.15, -0.1) is 11.3 Å². The first-order valence-corrected chi connectivity index (χ1v) is 13.5. The van der Waals surface area contributed by atoms with Gasteiger partial charge in [0.05, 0.1) is 40.1 Å². The number of thiophene rings is 1. The van der Waals surface area contributed by atoms with E-state index in [9.17, 15) is 25.4 Å². The Bertz CT molecular complexity index is 1590. The number of allylic oxidation sites excluding steroid dienone is 1. The van der Waals surface area contributed by atoms with Crippen LogP contribution in [0.15, 0.2) is 42.0 Å². The zero-order valence-electron chi connectivity index (χ0n) is 21.3. The van der Waals surface area contributed by atoms with Crippen molar-refractivity contribution in [3.63, 3.8) is 0 Å². The van der Waals surface area contributed by atoms with Gasteiger partial charge in [0.1, 0.15) is 23.6 Å². The summed E-state index contributed by atoms with van der Waals surface area (Å²) in [4.78, 5) is 26.0. The quantitative estimate of drug-likeness (QED) is 0.115. The van der Waals surface area contributed by atoms with Crippen LogP contribution in [0.4, 0.5) is 0 Å². The first kappa shape index (κ1) is 29.4. The first-order valence-electron chi connectivity index (χ1n) is 11.6. The lowest BCUT2D eigenvalue weighted by molar-refractivity contribution is -0.114. The van der Waals surface area contributed by atoms with Crippen LogP contribution in [0.3, 0.4) is 0 Å². The second kappa shape index (κ2) is 13.6. The second-order valence-corrected chi connectivity index (χ2v) is 10.3. The van der Waals surface area contributed by atoms with Crippen molar-refractivity contribution >= 4 is 51.8 Å². The Labute approximate surface area is 243 Å². The van der Waals surface area contributed by atoms with Crippen molar-refractivity contribution in [1.29, 1.82) is 15.8 Å². The number of nitriles is 3. The number of benzene rings is 2. The van der Waals surface area contributed by atoms with Crippen LogP contribution < -0.4 is 9.47 Å². The second-order valence-electron chi connectivity index (χ2n) is 8.05. The summed E-state index contributed by atoms with van der Waals surface area (Å²) in [5.74, 6) is -0.182. The fraction of sp³-hybridized carbons (Fsp3) is 0.207. The predicted octanol–water partition coefficient (Wildman–Crippen LogP) is 5.89. The van der Waals surface area contributed by atoms with Crippen LogP contribution in [-0.4, -0.2) is 25.5 Å². The Morgan fingerprint density at radius 2 is 1.87 bits per heavy atom. The van der Waals surface area contributed by atoms with Crippen molar-refractivity contribution in [1.82, 2.24) is 0 Å². The third-order valence-electron chi connectivity index (χ3n) is 5.61. The lowest BCUT2D eigenvalue weighted by atomic mass is 10.0. The van der Waals surface area contributed by atoms with E-state index in [4.69, 9.17) is 14.2 Å². The van der Waals surface area contributed by atoms with E-state index in [1.54, 1.807) is 38.1 Å². The number of ether oxygens (including phenoxy) is 3. The van der Waals surface area contributed by atoms with E-state index in [-0.39, 0.29) is 35.6 Å². The summed E-state index contributed by atoms with van der Waals surface area (Å²) in [5.41, 5.74) is 2.37. The zero-order chi connectivity index (χ0) is 28.5. The van der Waals surface area contributed by atoms with Gasteiger partial charge in [0.15, 0.2) is 17.3 Å². The van der Waals surface area contributed by atoms with Crippen molar-refractivity contribution < 1.29 is 23.8 Å². The smallest absolute Gasteiger partial charge is 0.348 e. The monoisotopic (exact) mass is 651 g/mol. The number of hydrogen-bond donors (Lipinski definition) is 0. The van der Waals surface area contributed by atoms with Gasteiger partial charge in [-0.25, -0.2) is 4.79 Å². The van der Waals surface area contributed by atoms with Gasteiger partial charge in [-0.2, -0.15) is 15.8 Å². The van der Waals surface area contributed by atoms with Gasteiger partial charge >= 0.3 is 5.97 Å². The first-order chi connectivity index (χ1) is 18.8. The molecule has 0 radical (unpaired) electrons. The number of carbonyl (C=O) groups excluding carboxylic acids is 2. The summed E-state index contributed by atoms with van der Waals surface area (Å²) in [7, 11) is 1.48. The molecule has 196 valence electrons. The number of ketones is 1. The van der Waals surface area contributed by atoms with E-state index in [0.29, 0.717) is 36.6 Å². The Morgan fingerprint density at radius 3 is 2.51 bits per heavy atom. The molecule has 0 unspecified atom stereocenters. The van der Waals surface area contributed by atoms with Crippen LogP contribution in [0.2, 0.25) is 0 Å². The summed E-state index contributed by atoms with van der Waals surface area (Å²) < 4.78 is 17.2. The molecule has 0 spiro atoms. The Kier molecular flexibility index (Phi) is 10.2. The number of nitrogens with zero attached hydrogens (tertiary/aromatic N) is 3. The molecule has 0 fully saturated rings. The minimum Gasteiger partial charge on any atom is -0.493 e. The maximum atomic E-state index is 13.1. The normalized spacial score (nSPS) is 10.6. The van der Waals surface area contributed by atoms with E-state index in [2.05, 4.69) is 34.7 Å². The Morgan fingerprint density at radius 1 is 1.13 bits per heavy atom. The van der Waals surface area contributed by atoms with Crippen molar-refractivity contribution in [3.8, 4) is 29.7 Å². The van der Waals surface area contributed by atoms with Gasteiger partial charge in [-0.05, 0) is 71.8 Å². The summed E-state index contributed by atoms with van der Waals surface area (Å²) in [6.07, 6.45) is 1.24. The van der Waals surface area contributed by atoms with Crippen LogP contribution in [0.1, 0.15) is 49.3 Å². The highest BCUT2D eigenvalue weighted by Crippen LogP contribution is 2.36. The number of Topliss-reactive ketones (excluding diaryl/α,β-unsaturated/α-hetero) is 1. The molecule has 0 aliphatic carbocycles. The zero-order valence-corrected chi connectivity index (χ0v) is 24.3. The van der Waals surface area contributed by atoms with Crippen LogP contribution in [0.25, 0.3) is 6.08 Å². The van der Waals surface area contributed by atoms with Gasteiger partial charge < -0.3 is 14.2 Å². The van der Waals surface area contributed by atoms with Crippen molar-refractivity contribution in [2.45, 2.75) is 26.9 Å². The molecular formula is C29H22IN3O5S. The molecule has 0 aliphatic rings. The standard InChI is InChI=1S/C29H22IN3O5S/c1-4-37-29(35)28-17(2)22(15-33)26(39-28)12-24(34)21(14-32)9-18-10-23(30)27(25(11-18)36-3)38-16-20-8-6-5-7-19(20)13-31/h5-11H,4,12,16H2,1-3H3/b21-9+. The summed E-state index contributed by atoms with van der Waals surface area (Å²) in [6.45, 7) is 3.66. The molecule has 0 saturated carbocycles. The fourth-order valence-corrected chi connectivity index (χ4v) is 5.62. The van der Waals surface area contributed by atoms with Crippen molar-refractivity contribution in [2.75, 3.05) is 13.7 Å². The van der Waals surface area contributed by atoms with Gasteiger partial charge in [-0.1, -0.05) is 18.2 Å². The molecule has 3 aromatic rings. The maximum Gasteiger partial charge on any atom is 0.348 e. The number of halogens is 1.